The molecule has 0 saturated carbocycles. The molecule has 1 fully saturated rings. The fourth-order valence-corrected chi connectivity index (χ4v) is 3.93. The lowest BCUT2D eigenvalue weighted by Gasteiger charge is -2.14. The minimum absolute atomic E-state index is 0.0584. The number of nitrogens with one attached hydrogen (secondary N) is 2. The number of hydrogen-bond donors (Lipinski definition) is 2. The molecule has 182 valence electrons. The monoisotopic (exact) mass is 478 g/mol. The molecule has 0 bridgehead atoms. The zero-order chi connectivity index (χ0) is 24.8. The Labute approximate surface area is 202 Å². The number of cyclic esters (lactones) is 1. The van der Waals surface area contributed by atoms with Gasteiger partial charge in [-0.15, -0.1) is 0 Å². The average Bonchev–Trinajstić information content (AvgIpc) is 3.38. The van der Waals surface area contributed by atoms with Crippen LogP contribution in [0.1, 0.15) is 46.0 Å². The number of amides is 3. The van der Waals surface area contributed by atoms with Crippen LogP contribution in [0.2, 0.25) is 0 Å². The van der Waals surface area contributed by atoms with Gasteiger partial charge in [0.2, 0.25) is 0 Å². The maximum absolute atomic E-state index is 12.5. The second-order valence-corrected chi connectivity index (χ2v) is 8.14. The summed E-state index contributed by atoms with van der Waals surface area (Å²) >= 11 is 0. The van der Waals surface area contributed by atoms with E-state index >= 15 is 0 Å². The minimum atomic E-state index is -0.559. The summed E-state index contributed by atoms with van der Waals surface area (Å²) in [4.78, 5) is 49.8. The number of nitrogens with zero attached hydrogens (tertiary/aromatic N) is 2. The van der Waals surface area contributed by atoms with Gasteiger partial charge in [0.15, 0.2) is 0 Å². The van der Waals surface area contributed by atoms with Crippen molar-refractivity contribution in [1.82, 2.24) is 10.2 Å². The van der Waals surface area contributed by atoms with Gasteiger partial charge in [0.25, 0.3) is 11.8 Å². The van der Waals surface area contributed by atoms with Crippen LogP contribution in [-0.4, -0.2) is 60.3 Å². The summed E-state index contributed by atoms with van der Waals surface area (Å²) in [6.07, 6.45) is 0.816. The Morgan fingerprint density at radius 1 is 1.11 bits per heavy atom. The summed E-state index contributed by atoms with van der Waals surface area (Å²) in [7, 11) is 0. The first kappa shape index (κ1) is 23.9. The van der Waals surface area contributed by atoms with E-state index in [4.69, 9.17) is 9.47 Å². The summed E-state index contributed by atoms with van der Waals surface area (Å²) in [5.41, 5.74) is 5.50. The lowest BCUT2D eigenvalue weighted by atomic mass is 10.1. The second kappa shape index (κ2) is 10.8. The molecule has 0 aromatic heterocycles. The van der Waals surface area contributed by atoms with Crippen molar-refractivity contribution < 1.29 is 28.7 Å². The van der Waals surface area contributed by atoms with Crippen molar-refractivity contribution in [3.05, 3.63) is 65.2 Å². The zero-order valence-electron chi connectivity index (χ0n) is 19.3. The quantitative estimate of drug-likeness (QED) is 0.233. The van der Waals surface area contributed by atoms with Gasteiger partial charge < -0.3 is 14.8 Å². The third-order valence-electron chi connectivity index (χ3n) is 5.68. The summed E-state index contributed by atoms with van der Waals surface area (Å²) in [5, 5.41) is 6.96. The zero-order valence-corrected chi connectivity index (χ0v) is 19.3. The van der Waals surface area contributed by atoms with E-state index in [1.54, 1.807) is 31.2 Å². The van der Waals surface area contributed by atoms with Crippen LogP contribution in [0.4, 0.5) is 10.5 Å². The molecule has 0 unspecified atom stereocenters. The summed E-state index contributed by atoms with van der Waals surface area (Å²) < 4.78 is 10.0. The smallest absolute Gasteiger partial charge is 0.407 e. The van der Waals surface area contributed by atoms with Gasteiger partial charge in [-0.1, -0.05) is 24.3 Å². The SMILES string of the molecule is CCOC(=O)/C(CCCN1C(=O)c2ccccc2C1=O)=N\Nc1ccc(C[C@@H]2COC(=O)N2)cc1. The van der Waals surface area contributed by atoms with Crippen LogP contribution in [0.5, 0.6) is 0 Å². The lowest BCUT2D eigenvalue weighted by molar-refractivity contribution is -0.135. The van der Waals surface area contributed by atoms with E-state index in [-0.39, 0.29) is 43.1 Å². The van der Waals surface area contributed by atoms with Crippen LogP contribution in [0, 0.1) is 0 Å². The first-order chi connectivity index (χ1) is 17.0. The molecule has 2 aliphatic heterocycles. The lowest BCUT2D eigenvalue weighted by Crippen LogP contribution is -2.31. The standard InChI is InChI=1S/C25H26N4O6/c1-2-34-24(32)21(8-5-13-29-22(30)19-6-3-4-7-20(19)23(29)31)28-27-17-11-9-16(10-12-17)14-18-15-35-25(33)26-18/h3-4,6-7,9-12,18,27H,2,5,8,13-15H2,1H3,(H,26,33)/b28-21-/t18-/m1/s1. The fourth-order valence-electron chi connectivity index (χ4n) is 3.93. The van der Waals surface area contributed by atoms with Crippen LogP contribution in [0.25, 0.3) is 0 Å². The minimum Gasteiger partial charge on any atom is -0.461 e. The maximum atomic E-state index is 12.5. The third-order valence-corrected chi connectivity index (χ3v) is 5.68. The van der Waals surface area contributed by atoms with Gasteiger partial charge >= 0.3 is 12.1 Å². The predicted octanol–water partition coefficient (Wildman–Crippen LogP) is 2.74. The van der Waals surface area contributed by atoms with E-state index in [1.807, 2.05) is 24.3 Å². The second-order valence-electron chi connectivity index (χ2n) is 8.14. The molecule has 3 amide bonds. The van der Waals surface area contributed by atoms with Gasteiger partial charge in [-0.2, -0.15) is 5.10 Å². The highest BCUT2D eigenvalue weighted by atomic mass is 16.6. The van der Waals surface area contributed by atoms with Gasteiger partial charge in [0.05, 0.1) is 29.5 Å². The van der Waals surface area contributed by atoms with Gasteiger partial charge in [-0.25, -0.2) is 9.59 Å². The van der Waals surface area contributed by atoms with Crippen molar-refractivity contribution in [3.63, 3.8) is 0 Å². The Balaban J connectivity index is 1.34. The van der Waals surface area contributed by atoms with Crippen LogP contribution in [0.15, 0.2) is 53.6 Å². The molecule has 0 aliphatic carbocycles. The molecule has 2 aromatic carbocycles. The van der Waals surface area contributed by atoms with Crippen LogP contribution < -0.4 is 10.7 Å². The van der Waals surface area contributed by atoms with Crippen molar-refractivity contribution in [2.75, 3.05) is 25.2 Å². The number of carbonyl (C=O) groups is 4. The first-order valence-electron chi connectivity index (χ1n) is 11.4. The topological polar surface area (TPSA) is 126 Å². The number of carbonyl (C=O) groups excluding carboxylic acids is 4. The van der Waals surface area contributed by atoms with Crippen molar-refractivity contribution in [2.24, 2.45) is 5.10 Å². The van der Waals surface area contributed by atoms with E-state index in [0.29, 0.717) is 36.3 Å². The molecule has 0 spiro atoms. The Morgan fingerprint density at radius 2 is 1.80 bits per heavy atom. The number of rotatable bonds is 10. The normalized spacial score (nSPS) is 17.2. The number of hydrogen-bond acceptors (Lipinski definition) is 8. The molecule has 10 nitrogen and oxygen atoms in total. The number of imide groups is 1. The highest BCUT2D eigenvalue weighted by Crippen LogP contribution is 2.22. The highest BCUT2D eigenvalue weighted by molar-refractivity contribution is 6.36. The Bertz CT molecular complexity index is 1130. The Morgan fingerprint density at radius 3 is 2.40 bits per heavy atom. The van der Waals surface area contributed by atoms with Crippen LogP contribution in [0.3, 0.4) is 0 Å². The third kappa shape index (κ3) is 5.65. The van der Waals surface area contributed by atoms with Gasteiger partial charge in [-0.05, 0) is 49.6 Å². The predicted molar refractivity (Wildman–Crippen MR) is 127 cm³/mol. The molecule has 0 radical (unpaired) electrons. The molecule has 2 heterocycles. The number of anilines is 1. The summed E-state index contributed by atoms with van der Waals surface area (Å²) in [6, 6.07) is 14.1. The van der Waals surface area contributed by atoms with Gasteiger partial charge in [0, 0.05) is 13.0 Å². The van der Waals surface area contributed by atoms with E-state index in [9.17, 15) is 19.2 Å². The fraction of sp³-hybridized carbons (Fsp3) is 0.320. The van der Waals surface area contributed by atoms with Crippen molar-refractivity contribution in [3.8, 4) is 0 Å². The number of ether oxygens (including phenoxy) is 2. The maximum Gasteiger partial charge on any atom is 0.407 e. The number of alkyl carbamates (subject to hydrolysis) is 1. The number of benzene rings is 2. The Hall–Kier alpha value is -4.21. The molecule has 1 saturated heterocycles. The molecular formula is C25H26N4O6. The van der Waals surface area contributed by atoms with Crippen LogP contribution >= 0.6 is 0 Å². The molecule has 2 aliphatic rings. The van der Waals surface area contributed by atoms with Crippen molar-refractivity contribution in [1.29, 1.82) is 0 Å². The van der Waals surface area contributed by atoms with Crippen LogP contribution in [-0.2, 0) is 20.7 Å². The van der Waals surface area contributed by atoms with Gasteiger partial charge in [-0.3, -0.25) is 19.9 Å². The molecule has 2 aromatic rings. The highest BCUT2D eigenvalue weighted by Gasteiger charge is 2.34. The average molecular weight is 479 g/mol. The van der Waals surface area contributed by atoms with E-state index in [2.05, 4.69) is 15.8 Å². The Kier molecular flexibility index (Phi) is 7.39. The van der Waals surface area contributed by atoms with E-state index < -0.39 is 12.1 Å². The molecule has 10 heteroatoms. The molecular weight excluding hydrogens is 452 g/mol. The molecule has 1 atom stereocenters. The molecule has 2 N–H and O–H groups in total. The van der Waals surface area contributed by atoms with Crippen molar-refractivity contribution in [2.45, 2.75) is 32.2 Å². The van der Waals surface area contributed by atoms with E-state index in [1.165, 1.54) is 4.90 Å². The summed E-state index contributed by atoms with van der Waals surface area (Å²) in [6.45, 7) is 2.41. The number of fused-ring (bicyclic) bond motifs is 1. The molecule has 35 heavy (non-hydrogen) atoms. The van der Waals surface area contributed by atoms with Crippen molar-refractivity contribution >= 4 is 35.3 Å². The largest absolute Gasteiger partial charge is 0.461 e. The first-order valence-corrected chi connectivity index (χ1v) is 11.4. The number of hydrazone groups is 1. The summed E-state index contributed by atoms with van der Waals surface area (Å²) in [5.74, 6) is -1.22. The number of esters is 1. The molecule has 4 rings (SSSR count). The van der Waals surface area contributed by atoms with Gasteiger partial charge in [0.1, 0.15) is 12.3 Å². The van der Waals surface area contributed by atoms with E-state index in [0.717, 1.165) is 5.56 Å².